The van der Waals surface area contributed by atoms with Gasteiger partial charge in [-0.05, 0) is 88.4 Å². The number of rotatable bonds is 9. The SMILES string of the molecule is Cc1c(NC(=O)c2ccc(C(C)(C)C)cc2)cccc1-c1cn(C)c(=O)c(Nc2ccc(C(=O)N3CCN(c4ccc(S(=O)(=O)N(C)C)c5nonc45)CC3)cc2)n1. The molecule has 1 aliphatic heterocycles. The van der Waals surface area contributed by atoms with E-state index in [1.54, 1.807) is 48.5 Å². The number of amides is 2. The number of benzene rings is 4. The van der Waals surface area contributed by atoms with Gasteiger partial charge in [0.1, 0.15) is 4.90 Å². The van der Waals surface area contributed by atoms with E-state index in [9.17, 15) is 22.8 Å². The van der Waals surface area contributed by atoms with Crippen molar-refractivity contribution in [3.63, 3.8) is 0 Å². The Kier molecular flexibility index (Phi) is 10.7. The van der Waals surface area contributed by atoms with Crippen molar-refractivity contribution < 1.29 is 22.6 Å². The van der Waals surface area contributed by atoms with E-state index in [1.165, 1.54) is 24.7 Å². The van der Waals surface area contributed by atoms with Crippen molar-refractivity contribution in [2.24, 2.45) is 7.05 Å². The van der Waals surface area contributed by atoms with Crippen LogP contribution >= 0.6 is 0 Å². The van der Waals surface area contributed by atoms with Crippen molar-refractivity contribution in [1.29, 1.82) is 0 Å². The van der Waals surface area contributed by atoms with Crippen molar-refractivity contribution in [2.45, 2.75) is 38.0 Å². The van der Waals surface area contributed by atoms with Crippen molar-refractivity contribution in [3.8, 4) is 11.3 Å². The maximum Gasteiger partial charge on any atom is 0.293 e. The molecule has 2 amide bonds. The van der Waals surface area contributed by atoms with E-state index in [2.05, 4.69) is 41.7 Å². The number of nitrogens with one attached hydrogen (secondary N) is 2. The van der Waals surface area contributed by atoms with Crippen LogP contribution in [0.25, 0.3) is 22.3 Å². The average Bonchev–Trinajstić information content (AvgIpc) is 3.70. The Morgan fingerprint density at radius 1 is 0.845 bits per heavy atom. The molecule has 0 radical (unpaired) electrons. The highest BCUT2D eigenvalue weighted by Crippen LogP contribution is 2.32. The molecule has 300 valence electrons. The van der Waals surface area contributed by atoms with Crippen LogP contribution in [0, 0.1) is 6.92 Å². The summed E-state index contributed by atoms with van der Waals surface area (Å²) in [7, 11) is 0.780. The second-order valence-electron chi connectivity index (χ2n) is 15.5. The molecule has 58 heavy (non-hydrogen) atoms. The zero-order valence-corrected chi connectivity index (χ0v) is 34.2. The van der Waals surface area contributed by atoms with Gasteiger partial charge in [-0.1, -0.05) is 45.0 Å². The highest BCUT2D eigenvalue weighted by atomic mass is 32.2. The van der Waals surface area contributed by atoms with E-state index in [0.29, 0.717) is 65.6 Å². The summed E-state index contributed by atoms with van der Waals surface area (Å²) in [6, 6.07) is 23.2. The van der Waals surface area contributed by atoms with E-state index in [0.717, 1.165) is 21.0 Å². The van der Waals surface area contributed by atoms with E-state index in [-0.39, 0.29) is 39.0 Å². The van der Waals surface area contributed by atoms with Crippen molar-refractivity contribution >= 4 is 55.8 Å². The molecule has 1 aliphatic rings. The molecule has 0 spiro atoms. The zero-order chi connectivity index (χ0) is 41.5. The number of hydrogen-bond donors (Lipinski definition) is 2. The maximum absolute atomic E-state index is 13.5. The molecule has 7 rings (SSSR count). The first-order valence-electron chi connectivity index (χ1n) is 18.7. The van der Waals surface area contributed by atoms with Gasteiger partial charge in [0, 0.05) is 81.6 Å². The highest BCUT2D eigenvalue weighted by Gasteiger charge is 2.29. The lowest BCUT2D eigenvalue weighted by molar-refractivity contribution is 0.0746. The molecule has 16 heteroatoms. The van der Waals surface area contributed by atoms with Gasteiger partial charge in [0.15, 0.2) is 16.9 Å². The third kappa shape index (κ3) is 7.80. The lowest BCUT2D eigenvalue weighted by atomic mass is 9.86. The fourth-order valence-corrected chi connectivity index (χ4v) is 7.85. The van der Waals surface area contributed by atoms with E-state index >= 15 is 0 Å². The normalized spacial score (nSPS) is 13.6. The summed E-state index contributed by atoms with van der Waals surface area (Å²) in [5.74, 6) is -0.270. The van der Waals surface area contributed by atoms with Crippen LogP contribution in [0.15, 0.2) is 99.4 Å². The van der Waals surface area contributed by atoms with Crippen LogP contribution in [0.2, 0.25) is 0 Å². The number of hydrogen-bond acceptors (Lipinski definition) is 11. The Bertz CT molecular complexity index is 2690. The smallest absolute Gasteiger partial charge is 0.293 e. The summed E-state index contributed by atoms with van der Waals surface area (Å²) in [6.07, 6.45) is 1.66. The van der Waals surface area contributed by atoms with Gasteiger partial charge >= 0.3 is 0 Å². The Hall–Kier alpha value is -6.39. The first kappa shape index (κ1) is 39.8. The molecule has 15 nitrogen and oxygen atoms in total. The van der Waals surface area contributed by atoms with E-state index in [4.69, 9.17) is 9.61 Å². The molecule has 3 heterocycles. The molecule has 4 aromatic carbocycles. The van der Waals surface area contributed by atoms with Crippen LogP contribution in [-0.4, -0.2) is 89.6 Å². The van der Waals surface area contributed by atoms with Crippen molar-refractivity contribution in [1.82, 2.24) is 29.1 Å². The zero-order valence-electron chi connectivity index (χ0n) is 33.4. The summed E-state index contributed by atoms with van der Waals surface area (Å²) in [6.45, 7) is 10.1. The third-order valence-corrected chi connectivity index (χ3v) is 12.2. The number of carbonyl (C=O) groups excluding carboxylic acids is 2. The van der Waals surface area contributed by atoms with Crippen LogP contribution < -0.4 is 21.1 Å². The number of fused-ring (bicyclic) bond motifs is 1. The molecule has 1 saturated heterocycles. The second-order valence-corrected chi connectivity index (χ2v) is 17.6. The average molecular weight is 804 g/mol. The molecule has 1 fully saturated rings. The molecule has 0 bridgehead atoms. The van der Waals surface area contributed by atoms with Gasteiger partial charge in [-0.3, -0.25) is 14.4 Å². The monoisotopic (exact) mass is 803 g/mol. The minimum atomic E-state index is -3.76. The molecule has 0 aliphatic carbocycles. The first-order chi connectivity index (χ1) is 27.5. The van der Waals surface area contributed by atoms with E-state index in [1.807, 2.05) is 54.3 Å². The van der Waals surface area contributed by atoms with Crippen LogP contribution in [0.4, 0.5) is 22.9 Å². The largest absolute Gasteiger partial charge is 0.366 e. The number of piperazine rings is 1. The highest BCUT2D eigenvalue weighted by molar-refractivity contribution is 7.89. The molecule has 6 aromatic rings. The molecule has 0 unspecified atom stereocenters. The van der Waals surface area contributed by atoms with Gasteiger partial charge in [0.2, 0.25) is 10.0 Å². The number of aromatic nitrogens is 4. The molecule has 2 aromatic heterocycles. The molecular weight excluding hydrogens is 759 g/mol. The second kappa shape index (κ2) is 15.5. The van der Waals surface area contributed by atoms with Crippen LogP contribution in [0.1, 0.15) is 52.6 Å². The molecule has 0 saturated carbocycles. The van der Waals surface area contributed by atoms with Gasteiger partial charge in [0.25, 0.3) is 17.4 Å². The Morgan fingerprint density at radius 3 is 2.16 bits per heavy atom. The predicted molar refractivity (Wildman–Crippen MR) is 223 cm³/mol. The summed E-state index contributed by atoms with van der Waals surface area (Å²) >= 11 is 0. The Labute approximate surface area is 336 Å². The summed E-state index contributed by atoms with van der Waals surface area (Å²) in [4.78, 5) is 48.5. The van der Waals surface area contributed by atoms with Crippen LogP contribution in [0.5, 0.6) is 0 Å². The van der Waals surface area contributed by atoms with Gasteiger partial charge < -0.3 is 25.0 Å². The summed E-state index contributed by atoms with van der Waals surface area (Å²) < 4.78 is 33.2. The number of nitrogens with zero attached hydrogens (tertiary/aromatic N) is 7. The van der Waals surface area contributed by atoms with Crippen molar-refractivity contribution in [2.75, 3.05) is 55.8 Å². The lowest BCUT2D eigenvalue weighted by Gasteiger charge is -2.36. The topological polar surface area (TPSA) is 176 Å². The quantitative estimate of drug-likeness (QED) is 0.181. The number of sulfonamides is 1. The number of anilines is 4. The summed E-state index contributed by atoms with van der Waals surface area (Å²) in [5, 5.41) is 14.0. The molecule has 2 N–H and O–H groups in total. The van der Waals surface area contributed by atoms with Gasteiger partial charge in [-0.2, -0.15) is 0 Å². The van der Waals surface area contributed by atoms with Gasteiger partial charge in [-0.15, -0.1) is 0 Å². The first-order valence-corrected chi connectivity index (χ1v) is 20.2. The van der Waals surface area contributed by atoms with E-state index < -0.39 is 10.0 Å². The minimum absolute atomic E-state index is 0.00852. The predicted octanol–water partition coefficient (Wildman–Crippen LogP) is 5.80. The number of carbonyl (C=O) groups is 2. The van der Waals surface area contributed by atoms with Crippen LogP contribution in [0.3, 0.4) is 0 Å². The number of aryl methyl sites for hydroxylation is 1. The lowest BCUT2D eigenvalue weighted by Crippen LogP contribution is -2.48. The minimum Gasteiger partial charge on any atom is -0.366 e. The third-order valence-electron chi connectivity index (χ3n) is 10.4. The van der Waals surface area contributed by atoms with Crippen LogP contribution in [-0.2, 0) is 22.5 Å². The van der Waals surface area contributed by atoms with Crippen molar-refractivity contribution in [3.05, 3.63) is 118 Å². The standard InChI is InChI=1S/C42H45N9O6S/c1-26-31(9-8-10-32(26)45-39(52)27-11-15-29(16-12-27)42(2,3)4)33-25-49(7)41(54)38(44-33)43-30-17-13-28(14-18-30)40(53)51-23-21-50(22-24-51)34-19-20-35(58(55,56)48(5)6)37-36(34)46-57-47-37/h8-20,25H,21-24H2,1-7H3,(H,43,44)(H,45,52). The van der Waals surface area contributed by atoms with Gasteiger partial charge in [0.05, 0.1) is 11.4 Å². The fraction of sp³-hybridized carbons (Fsp3) is 0.286. The Morgan fingerprint density at radius 2 is 1.50 bits per heavy atom. The maximum atomic E-state index is 13.5. The molecule has 0 atom stereocenters. The molecular formula is C42H45N9O6S. The summed E-state index contributed by atoms with van der Waals surface area (Å²) in [5.41, 5.74) is 6.25. The Balaban J connectivity index is 1.02. The van der Waals surface area contributed by atoms with Gasteiger partial charge in [-0.25, -0.2) is 22.3 Å². The fourth-order valence-electron chi connectivity index (χ4n) is 6.84.